The largest absolute Gasteiger partial charge is 0.458 e. The van der Waals surface area contributed by atoms with Crippen LogP contribution in [0.15, 0.2) is 72.8 Å². The number of carbonyl (C=O) groups is 4. The summed E-state index contributed by atoms with van der Waals surface area (Å²) in [5.41, 5.74) is 4.45. The van der Waals surface area contributed by atoms with Crippen LogP contribution in [0.3, 0.4) is 0 Å². The van der Waals surface area contributed by atoms with E-state index in [4.69, 9.17) is 15.2 Å². The monoisotopic (exact) mass is 618 g/mol. The minimum Gasteiger partial charge on any atom is -0.458 e. The fourth-order valence-electron chi connectivity index (χ4n) is 4.62. The minimum atomic E-state index is -2.11. The van der Waals surface area contributed by atoms with Crippen molar-refractivity contribution in [2.24, 2.45) is 5.73 Å². The van der Waals surface area contributed by atoms with Gasteiger partial charge >= 0.3 is 12.1 Å². The zero-order valence-electron chi connectivity index (χ0n) is 27.1. The third kappa shape index (κ3) is 11.2. The highest BCUT2D eigenvalue weighted by Crippen LogP contribution is 2.22. The lowest BCUT2D eigenvalue weighted by Gasteiger charge is -2.34. The molecule has 10 nitrogen and oxygen atoms in total. The molecule has 0 aliphatic rings. The molecule has 0 saturated heterocycles. The number of carbonyl (C=O) groups excluding carboxylic acids is 4. The van der Waals surface area contributed by atoms with E-state index in [1.165, 1.54) is 4.90 Å². The number of alkyl carbamates (subject to hydrolysis) is 1. The Bertz CT molecular complexity index is 1480. The Labute approximate surface area is 265 Å². The van der Waals surface area contributed by atoms with E-state index >= 15 is 0 Å². The predicted molar refractivity (Wildman–Crippen MR) is 176 cm³/mol. The molecular weight excluding hydrogens is 572 g/mol. The Hall–Kier alpha value is -4.44. The van der Waals surface area contributed by atoms with E-state index < -0.39 is 40.6 Å². The van der Waals surface area contributed by atoms with Gasteiger partial charge in [-0.25, -0.2) is 9.59 Å². The number of hydrogen-bond donors (Lipinski definition) is 3. The zero-order valence-corrected chi connectivity index (χ0v) is 27.1. The molecule has 0 fully saturated rings. The maximum absolute atomic E-state index is 14.2. The lowest BCUT2D eigenvalue weighted by Crippen LogP contribution is -2.63. The van der Waals surface area contributed by atoms with Gasteiger partial charge in [0.15, 0.2) is 5.54 Å². The van der Waals surface area contributed by atoms with Gasteiger partial charge in [0, 0.05) is 18.8 Å². The first-order chi connectivity index (χ1) is 21.1. The van der Waals surface area contributed by atoms with Crippen molar-refractivity contribution in [2.45, 2.75) is 77.5 Å². The molecule has 0 aromatic heterocycles. The van der Waals surface area contributed by atoms with E-state index in [2.05, 4.69) is 10.6 Å². The topological polar surface area (TPSA) is 140 Å². The molecular formula is C35H46N4O6. The number of hydrogen-bond acceptors (Lipinski definition) is 7. The van der Waals surface area contributed by atoms with Gasteiger partial charge in [0.05, 0.1) is 6.54 Å². The average molecular weight is 619 g/mol. The lowest BCUT2D eigenvalue weighted by atomic mass is 9.91. The van der Waals surface area contributed by atoms with Gasteiger partial charge < -0.3 is 30.7 Å². The van der Waals surface area contributed by atoms with Crippen LogP contribution in [-0.2, 0) is 30.3 Å². The molecule has 3 rings (SSSR count). The van der Waals surface area contributed by atoms with E-state index in [-0.39, 0.29) is 32.5 Å². The fraction of sp³-hybridized carbons (Fsp3) is 0.429. The van der Waals surface area contributed by atoms with Gasteiger partial charge in [0.2, 0.25) is 5.91 Å². The van der Waals surface area contributed by atoms with Gasteiger partial charge in [-0.1, -0.05) is 60.7 Å². The SMILES string of the molecule is CC(C)(C)OC(=O)NCCC[C@](N)(C(=O)OC(C)(C)C)C(=O)N(CCc1ccccc1)CC(=O)Nc1ccc2ccccc2c1. The highest BCUT2D eigenvalue weighted by atomic mass is 16.6. The van der Waals surface area contributed by atoms with Crippen molar-refractivity contribution in [1.29, 1.82) is 0 Å². The number of benzene rings is 3. The van der Waals surface area contributed by atoms with Gasteiger partial charge in [0.1, 0.15) is 11.2 Å². The maximum atomic E-state index is 14.2. The summed E-state index contributed by atoms with van der Waals surface area (Å²) in [5, 5.41) is 7.48. The first kappa shape index (κ1) is 35.0. The molecule has 0 spiro atoms. The molecule has 0 aliphatic heterocycles. The molecule has 0 saturated carbocycles. The number of ether oxygens (including phenoxy) is 2. The van der Waals surface area contributed by atoms with Gasteiger partial charge in [-0.2, -0.15) is 0 Å². The van der Waals surface area contributed by atoms with Gasteiger partial charge in [-0.15, -0.1) is 0 Å². The third-order valence-electron chi connectivity index (χ3n) is 6.73. The zero-order chi connectivity index (χ0) is 33.3. The van der Waals surface area contributed by atoms with Gasteiger partial charge in [-0.05, 0) is 89.3 Å². The predicted octanol–water partition coefficient (Wildman–Crippen LogP) is 5.19. The van der Waals surface area contributed by atoms with Crippen molar-refractivity contribution < 1.29 is 28.7 Å². The number of nitrogens with one attached hydrogen (secondary N) is 2. The Morgan fingerprint density at radius 3 is 2.07 bits per heavy atom. The molecule has 0 unspecified atom stereocenters. The average Bonchev–Trinajstić information content (AvgIpc) is 2.95. The van der Waals surface area contributed by atoms with Gasteiger partial charge in [-0.3, -0.25) is 9.59 Å². The summed E-state index contributed by atoms with van der Waals surface area (Å²) in [5.74, 6) is -2.08. The Morgan fingerprint density at radius 2 is 1.42 bits per heavy atom. The van der Waals surface area contributed by atoms with Gasteiger partial charge in [0.25, 0.3) is 5.91 Å². The van der Waals surface area contributed by atoms with Crippen LogP contribution < -0.4 is 16.4 Å². The van der Waals surface area contributed by atoms with E-state index in [0.29, 0.717) is 12.1 Å². The molecule has 45 heavy (non-hydrogen) atoms. The summed E-state index contributed by atoms with van der Waals surface area (Å²) in [6, 6.07) is 22.8. The molecule has 3 aromatic carbocycles. The maximum Gasteiger partial charge on any atom is 0.407 e. The number of nitrogens with zero attached hydrogens (tertiary/aromatic N) is 1. The molecule has 3 amide bonds. The quantitative estimate of drug-likeness (QED) is 0.144. The summed E-state index contributed by atoms with van der Waals surface area (Å²) in [6.07, 6.45) is -0.148. The normalized spacial score (nSPS) is 13.0. The molecule has 10 heteroatoms. The van der Waals surface area contributed by atoms with Crippen molar-refractivity contribution in [3.63, 3.8) is 0 Å². The standard InChI is InChI=1S/C35H46N4O6/c1-33(2,3)44-31(42)35(36,20-12-21-37-32(43)45-34(4,5)6)30(41)39(22-19-25-13-8-7-9-14-25)24-29(40)38-28-18-17-26-15-10-11-16-27(26)23-28/h7-11,13-18,23H,12,19-22,24,36H2,1-6H3,(H,37,43)(H,38,40)/t35-/m1/s1. The van der Waals surface area contributed by atoms with E-state index in [0.717, 1.165) is 16.3 Å². The summed E-state index contributed by atoms with van der Waals surface area (Å²) < 4.78 is 10.9. The number of fused-ring (bicyclic) bond motifs is 1. The van der Waals surface area contributed by atoms with E-state index in [9.17, 15) is 19.2 Å². The fourth-order valence-corrected chi connectivity index (χ4v) is 4.62. The minimum absolute atomic E-state index is 0.108. The summed E-state index contributed by atoms with van der Waals surface area (Å²) >= 11 is 0. The van der Waals surface area contributed by atoms with Crippen LogP contribution in [0.25, 0.3) is 10.8 Å². The molecule has 1 atom stereocenters. The summed E-state index contributed by atoms with van der Waals surface area (Å²) in [4.78, 5) is 54.5. The number of anilines is 1. The lowest BCUT2D eigenvalue weighted by molar-refractivity contribution is -0.167. The van der Waals surface area contributed by atoms with Crippen LogP contribution in [0.4, 0.5) is 10.5 Å². The number of nitrogens with two attached hydrogens (primary N) is 1. The summed E-state index contributed by atoms with van der Waals surface area (Å²) in [6.45, 7) is 10.2. The first-order valence-corrected chi connectivity index (χ1v) is 15.2. The number of rotatable bonds is 12. The molecule has 0 bridgehead atoms. The van der Waals surface area contributed by atoms with Crippen molar-refractivity contribution in [3.05, 3.63) is 78.4 Å². The van der Waals surface area contributed by atoms with Crippen molar-refractivity contribution >= 4 is 40.3 Å². The Balaban J connectivity index is 1.82. The van der Waals surface area contributed by atoms with Crippen LogP contribution in [0.1, 0.15) is 59.9 Å². The molecule has 0 aliphatic carbocycles. The smallest absolute Gasteiger partial charge is 0.407 e. The highest BCUT2D eigenvalue weighted by molar-refractivity contribution is 6.08. The molecule has 242 valence electrons. The molecule has 3 aromatic rings. The summed E-state index contributed by atoms with van der Waals surface area (Å²) in [7, 11) is 0. The van der Waals surface area contributed by atoms with Crippen LogP contribution >= 0.6 is 0 Å². The molecule has 4 N–H and O–H groups in total. The first-order valence-electron chi connectivity index (χ1n) is 15.2. The van der Waals surface area contributed by atoms with Crippen LogP contribution in [0, 0.1) is 0 Å². The molecule has 0 heterocycles. The Kier molecular flexibility index (Phi) is 11.7. The number of amides is 3. The van der Waals surface area contributed by atoms with Crippen LogP contribution in [0.2, 0.25) is 0 Å². The number of esters is 1. The third-order valence-corrected chi connectivity index (χ3v) is 6.73. The van der Waals surface area contributed by atoms with Crippen LogP contribution in [-0.4, -0.2) is 65.2 Å². The highest BCUT2D eigenvalue weighted by Gasteiger charge is 2.47. The van der Waals surface area contributed by atoms with Crippen molar-refractivity contribution in [3.8, 4) is 0 Å². The second kappa shape index (κ2) is 15.0. The Morgan fingerprint density at radius 1 is 0.800 bits per heavy atom. The van der Waals surface area contributed by atoms with E-state index in [1.54, 1.807) is 47.6 Å². The second-order valence-electron chi connectivity index (χ2n) is 13.1. The molecule has 0 radical (unpaired) electrons. The van der Waals surface area contributed by atoms with E-state index in [1.807, 2.05) is 66.7 Å². The second-order valence-corrected chi connectivity index (χ2v) is 13.1. The van der Waals surface area contributed by atoms with Crippen molar-refractivity contribution in [1.82, 2.24) is 10.2 Å². The van der Waals surface area contributed by atoms with Crippen molar-refractivity contribution in [2.75, 3.05) is 25.0 Å². The van der Waals surface area contributed by atoms with Crippen LogP contribution in [0.5, 0.6) is 0 Å².